The van der Waals surface area contributed by atoms with Crippen molar-refractivity contribution >= 4 is 29.3 Å². The third kappa shape index (κ3) is 4.44. The van der Waals surface area contributed by atoms with Crippen molar-refractivity contribution in [1.82, 2.24) is 9.97 Å². The molecule has 7 heteroatoms. The van der Waals surface area contributed by atoms with Crippen molar-refractivity contribution in [1.29, 1.82) is 0 Å². The summed E-state index contributed by atoms with van der Waals surface area (Å²) in [6.45, 7) is 0. The summed E-state index contributed by atoms with van der Waals surface area (Å²) in [5, 5.41) is 12.2. The molecule has 1 aromatic heterocycles. The van der Waals surface area contributed by atoms with Gasteiger partial charge < -0.3 is 10.4 Å². The van der Waals surface area contributed by atoms with E-state index in [1.54, 1.807) is 18.2 Å². The van der Waals surface area contributed by atoms with Gasteiger partial charge in [-0.15, -0.1) is 0 Å². The smallest absolute Gasteiger partial charge is 0.358 e. The second kappa shape index (κ2) is 8.77. The zero-order valence-electron chi connectivity index (χ0n) is 16.1. The van der Waals surface area contributed by atoms with E-state index in [0.717, 1.165) is 16.7 Å². The van der Waals surface area contributed by atoms with E-state index in [2.05, 4.69) is 15.3 Å². The van der Waals surface area contributed by atoms with Crippen LogP contribution < -0.4 is 5.32 Å². The third-order valence-corrected chi connectivity index (χ3v) is 4.99. The lowest BCUT2D eigenvalue weighted by atomic mass is 9.99. The molecule has 1 amide bonds. The fourth-order valence-electron chi connectivity index (χ4n) is 3.13. The first-order valence-electron chi connectivity index (χ1n) is 9.34. The van der Waals surface area contributed by atoms with Crippen LogP contribution in [0.4, 0.5) is 5.82 Å². The molecule has 6 nitrogen and oxygen atoms in total. The lowest BCUT2D eigenvalue weighted by Gasteiger charge is -2.10. The molecule has 0 aliphatic rings. The van der Waals surface area contributed by atoms with Gasteiger partial charge in [0.15, 0.2) is 11.5 Å². The highest BCUT2D eigenvalue weighted by Gasteiger charge is 2.17. The molecule has 0 spiro atoms. The normalized spacial score (nSPS) is 10.5. The van der Waals surface area contributed by atoms with Crippen molar-refractivity contribution in [3.05, 3.63) is 101 Å². The maximum Gasteiger partial charge on any atom is 0.358 e. The molecular weight excluding hydrogens is 414 g/mol. The number of aromatic carboxylic acids is 1. The van der Waals surface area contributed by atoms with Crippen LogP contribution in [-0.4, -0.2) is 27.0 Å². The van der Waals surface area contributed by atoms with E-state index in [0.29, 0.717) is 16.1 Å². The van der Waals surface area contributed by atoms with E-state index in [1.807, 2.05) is 54.6 Å². The minimum absolute atomic E-state index is 0.122. The van der Waals surface area contributed by atoms with Gasteiger partial charge in [-0.25, -0.2) is 14.8 Å². The predicted molar refractivity (Wildman–Crippen MR) is 119 cm³/mol. The molecule has 4 rings (SSSR count). The monoisotopic (exact) mass is 429 g/mol. The van der Waals surface area contributed by atoms with Gasteiger partial charge in [0.25, 0.3) is 5.91 Å². The zero-order chi connectivity index (χ0) is 21.8. The number of halogens is 1. The van der Waals surface area contributed by atoms with E-state index < -0.39 is 11.9 Å². The molecule has 1 heterocycles. The number of nitrogens with zero attached hydrogens (tertiary/aromatic N) is 2. The van der Waals surface area contributed by atoms with E-state index in [4.69, 9.17) is 11.6 Å². The van der Waals surface area contributed by atoms with Gasteiger partial charge in [0, 0.05) is 28.5 Å². The Bertz CT molecular complexity index is 1260. The summed E-state index contributed by atoms with van der Waals surface area (Å²) < 4.78 is 0. The summed E-state index contributed by atoms with van der Waals surface area (Å²) in [4.78, 5) is 31.6. The summed E-state index contributed by atoms with van der Waals surface area (Å²) in [5.74, 6) is -1.91. The van der Waals surface area contributed by atoms with Gasteiger partial charge in [0.05, 0.1) is 0 Å². The number of anilines is 1. The quantitative estimate of drug-likeness (QED) is 0.442. The van der Waals surface area contributed by atoms with Crippen molar-refractivity contribution in [2.24, 2.45) is 0 Å². The Morgan fingerprint density at radius 2 is 1.45 bits per heavy atom. The predicted octanol–water partition coefficient (Wildman–Crippen LogP) is 5.41. The van der Waals surface area contributed by atoms with E-state index in [1.165, 1.54) is 12.4 Å². The number of nitrogens with one attached hydrogen (secondary N) is 1. The molecule has 0 saturated carbocycles. The van der Waals surface area contributed by atoms with E-state index in [9.17, 15) is 14.7 Å². The summed E-state index contributed by atoms with van der Waals surface area (Å²) in [6.07, 6.45) is 2.56. The zero-order valence-corrected chi connectivity index (χ0v) is 16.9. The average Bonchev–Trinajstić information content (AvgIpc) is 2.80. The number of benzene rings is 3. The Morgan fingerprint density at radius 1 is 0.806 bits per heavy atom. The maximum atomic E-state index is 12.7. The molecule has 152 valence electrons. The van der Waals surface area contributed by atoms with Crippen LogP contribution in [0.2, 0.25) is 5.02 Å². The first-order chi connectivity index (χ1) is 15.0. The van der Waals surface area contributed by atoms with Crippen molar-refractivity contribution in [3.8, 4) is 22.3 Å². The lowest BCUT2D eigenvalue weighted by molar-refractivity contribution is 0.0691. The van der Waals surface area contributed by atoms with Crippen LogP contribution in [0, 0.1) is 0 Å². The van der Waals surface area contributed by atoms with Gasteiger partial charge in [-0.05, 0) is 34.9 Å². The molecule has 0 unspecified atom stereocenters. The van der Waals surface area contributed by atoms with Crippen LogP contribution in [0.5, 0.6) is 0 Å². The molecule has 0 aliphatic carbocycles. The number of carboxylic acid groups (broad SMARTS) is 1. The average molecular weight is 430 g/mol. The van der Waals surface area contributed by atoms with Gasteiger partial charge in [0.1, 0.15) is 0 Å². The SMILES string of the molecule is O=C(Nc1nccnc1C(=O)O)c1ccc(Cl)c(-c2ccc(-c3ccccc3)cc2)c1. The van der Waals surface area contributed by atoms with Gasteiger partial charge in [-0.3, -0.25) is 4.79 Å². The van der Waals surface area contributed by atoms with Crippen molar-refractivity contribution in [2.75, 3.05) is 5.32 Å². The second-order valence-corrected chi connectivity index (χ2v) is 7.06. The first kappa shape index (κ1) is 20.3. The Labute approximate surface area is 183 Å². The van der Waals surface area contributed by atoms with Crippen LogP contribution in [0.1, 0.15) is 20.8 Å². The highest BCUT2D eigenvalue weighted by atomic mass is 35.5. The Balaban J connectivity index is 1.62. The fraction of sp³-hybridized carbons (Fsp3) is 0. The number of rotatable bonds is 5. The highest BCUT2D eigenvalue weighted by molar-refractivity contribution is 6.33. The Kier molecular flexibility index (Phi) is 5.73. The standard InChI is InChI=1S/C24H16ClN3O3/c25-20-11-10-18(23(29)28-22-21(24(30)31)26-12-13-27-22)14-19(20)17-8-6-16(7-9-17)15-4-2-1-3-5-15/h1-14H,(H,30,31)(H,27,28,29). The van der Waals surface area contributed by atoms with Crippen LogP contribution >= 0.6 is 11.6 Å². The highest BCUT2D eigenvalue weighted by Crippen LogP contribution is 2.31. The number of hydrogen-bond donors (Lipinski definition) is 2. The Hall–Kier alpha value is -4.03. The van der Waals surface area contributed by atoms with Crippen molar-refractivity contribution in [2.45, 2.75) is 0 Å². The number of carbonyl (C=O) groups excluding carboxylic acids is 1. The minimum Gasteiger partial charge on any atom is -0.476 e. The van der Waals surface area contributed by atoms with Crippen LogP contribution in [-0.2, 0) is 0 Å². The molecule has 3 aromatic carbocycles. The fourth-order valence-corrected chi connectivity index (χ4v) is 3.35. The molecule has 0 aliphatic heterocycles. The summed E-state index contributed by atoms with van der Waals surface area (Å²) in [6, 6.07) is 22.7. The minimum atomic E-state index is -1.28. The molecule has 0 radical (unpaired) electrons. The molecule has 0 atom stereocenters. The number of aromatic nitrogens is 2. The summed E-state index contributed by atoms with van der Waals surface area (Å²) >= 11 is 6.39. The van der Waals surface area contributed by atoms with Crippen molar-refractivity contribution < 1.29 is 14.7 Å². The summed E-state index contributed by atoms with van der Waals surface area (Å²) in [7, 11) is 0. The van der Waals surface area contributed by atoms with Gasteiger partial charge >= 0.3 is 5.97 Å². The number of carboxylic acids is 1. The van der Waals surface area contributed by atoms with Crippen molar-refractivity contribution in [3.63, 3.8) is 0 Å². The molecule has 0 fully saturated rings. The lowest BCUT2D eigenvalue weighted by Crippen LogP contribution is -2.17. The molecule has 4 aromatic rings. The van der Waals surface area contributed by atoms with Gasteiger partial charge in [-0.1, -0.05) is 66.2 Å². The third-order valence-electron chi connectivity index (χ3n) is 4.66. The van der Waals surface area contributed by atoms with E-state index in [-0.39, 0.29) is 11.5 Å². The van der Waals surface area contributed by atoms with Gasteiger partial charge in [0.2, 0.25) is 0 Å². The first-order valence-corrected chi connectivity index (χ1v) is 9.72. The maximum absolute atomic E-state index is 12.7. The van der Waals surface area contributed by atoms with Crippen LogP contribution in [0.15, 0.2) is 85.2 Å². The number of carbonyl (C=O) groups is 2. The summed E-state index contributed by atoms with van der Waals surface area (Å²) in [5.41, 5.74) is 3.69. The molecule has 2 N–H and O–H groups in total. The number of amides is 1. The number of hydrogen-bond acceptors (Lipinski definition) is 4. The van der Waals surface area contributed by atoms with Crippen LogP contribution in [0.25, 0.3) is 22.3 Å². The molecule has 0 saturated heterocycles. The molecule has 0 bridgehead atoms. The molecule has 31 heavy (non-hydrogen) atoms. The van der Waals surface area contributed by atoms with Gasteiger partial charge in [-0.2, -0.15) is 0 Å². The molecular formula is C24H16ClN3O3. The van der Waals surface area contributed by atoms with Crippen LogP contribution in [0.3, 0.4) is 0 Å². The van der Waals surface area contributed by atoms with E-state index >= 15 is 0 Å². The topological polar surface area (TPSA) is 92.2 Å². The Morgan fingerprint density at radius 3 is 2.16 bits per heavy atom. The second-order valence-electron chi connectivity index (χ2n) is 6.65. The largest absolute Gasteiger partial charge is 0.476 e.